The number of anilines is 1. The Hall–Kier alpha value is -2.34. The van der Waals surface area contributed by atoms with Gasteiger partial charge >= 0.3 is 0 Å². The molecule has 1 saturated heterocycles. The Morgan fingerprint density at radius 2 is 2.00 bits per heavy atom. The Labute approximate surface area is 141 Å². The molecule has 2 aliphatic rings. The summed E-state index contributed by atoms with van der Waals surface area (Å²) in [5.41, 5.74) is 5.31. The zero-order chi connectivity index (χ0) is 16.4. The van der Waals surface area contributed by atoms with Crippen LogP contribution < -0.4 is 10.2 Å². The van der Waals surface area contributed by atoms with E-state index in [-0.39, 0.29) is 5.91 Å². The Balaban J connectivity index is 1.37. The summed E-state index contributed by atoms with van der Waals surface area (Å²) < 4.78 is 5.37. The van der Waals surface area contributed by atoms with E-state index in [0.717, 1.165) is 50.5 Å². The molecule has 0 spiro atoms. The fraction of sp³-hybridized carbons (Fsp3) is 0.444. The topological polar surface area (TPSA) is 70.2 Å². The van der Waals surface area contributed by atoms with Crippen molar-refractivity contribution in [2.45, 2.75) is 25.8 Å². The second kappa shape index (κ2) is 6.65. The highest BCUT2D eigenvalue weighted by molar-refractivity contribution is 5.94. The molecule has 2 N–H and O–H groups in total. The Bertz CT molecular complexity index is 717. The predicted molar refractivity (Wildman–Crippen MR) is 91.3 cm³/mol. The van der Waals surface area contributed by atoms with Crippen molar-refractivity contribution in [3.05, 3.63) is 46.8 Å². The van der Waals surface area contributed by atoms with E-state index >= 15 is 0 Å². The van der Waals surface area contributed by atoms with Crippen molar-refractivity contribution in [1.82, 2.24) is 15.5 Å². The van der Waals surface area contributed by atoms with Crippen LogP contribution in [0, 0.1) is 0 Å². The molecule has 1 aromatic heterocycles. The van der Waals surface area contributed by atoms with E-state index in [2.05, 4.69) is 20.4 Å². The molecule has 4 rings (SSSR count). The molecular weight excluding hydrogens is 304 g/mol. The van der Waals surface area contributed by atoms with Crippen LogP contribution in [0.2, 0.25) is 0 Å². The third kappa shape index (κ3) is 3.01. The minimum absolute atomic E-state index is 0.0572. The fourth-order valence-corrected chi connectivity index (χ4v) is 3.45. The predicted octanol–water partition coefficient (Wildman–Crippen LogP) is 1.66. The van der Waals surface area contributed by atoms with Gasteiger partial charge in [0.25, 0.3) is 5.91 Å². The van der Waals surface area contributed by atoms with E-state index in [1.807, 2.05) is 24.3 Å². The monoisotopic (exact) mass is 326 g/mol. The molecule has 0 atom stereocenters. The number of amides is 1. The number of aromatic nitrogens is 2. The molecule has 0 unspecified atom stereocenters. The Kier molecular flexibility index (Phi) is 4.21. The number of fused-ring (bicyclic) bond motifs is 1. The van der Waals surface area contributed by atoms with Gasteiger partial charge in [0.2, 0.25) is 0 Å². The standard InChI is InChI=1S/C18H22N4O2/c23-18(19-12-17-15-2-1-3-16(15)20-21-17)13-4-6-14(7-5-13)22-8-10-24-11-9-22/h4-7H,1-3,8-12H2,(H,19,23)(H,20,21). The molecule has 0 saturated carbocycles. The van der Waals surface area contributed by atoms with Crippen LogP contribution in [0.4, 0.5) is 5.69 Å². The van der Waals surface area contributed by atoms with E-state index in [4.69, 9.17) is 4.74 Å². The number of hydrogen-bond donors (Lipinski definition) is 2. The lowest BCUT2D eigenvalue weighted by Gasteiger charge is -2.28. The highest BCUT2D eigenvalue weighted by Gasteiger charge is 2.19. The van der Waals surface area contributed by atoms with E-state index in [1.165, 1.54) is 17.7 Å². The van der Waals surface area contributed by atoms with Crippen molar-refractivity contribution in [3.63, 3.8) is 0 Å². The molecule has 0 bridgehead atoms. The van der Waals surface area contributed by atoms with Gasteiger partial charge in [-0.05, 0) is 49.1 Å². The van der Waals surface area contributed by atoms with Crippen LogP contribution in [0.1, 0.15) is 33.7 Å². The maximum absolute atomic E-state index is 12.3. The molecule has 24 heavy (non-hydrogen) atoms. The molecule has 2 aromatic rings. The first kappa shape index (κ1) is 15.2. The zero-order valence-electron chi connectivity index (χ0n) is 13.7. The van der Waals surface area contributed by atoms with Crippen molar-refractivity contribution in [2.75, 3.05) is 31.2 Å². The Morgan fingerprint density at radius 1 is 1.21 bits per heavy atom. The van der Waals surface area contributed by atoms with Gasteiger partial charge in [-0.2, -0.15) is 5.10 Å². The fourth-order valence-electron chi connectivity index (χ4n) is 3.45. The van der Waals surface area contributed by atoms with Crippen LogP contribution >= 0.6 is 0 Å². The number of aromatic amines is 1. The molecule has 126 valence electrons. The van der Waals surface area contributed by atoms with Crippen molar-refractivity contribution < 1.29 is 9.53 Å². The second-order valence-corrected chi connectivity index (χ2v) is 6.31. The van der Waals surface area contributed by atoms with Gasteiger partial charge in [-0.1, -0.05) is 0 Å². The van der Waals surface area contributed by atoms with E-state index in [9.17, 15) is 4.79 Å². The van der Waals surface area contributed by atoms with Gasteiger partial charge in [0, 0.05) is 30.0 Å². The number of hydrogen-bond acceptors (Lipinski definition) is 4. The second-order valence-electron chi connectivity index (χ2n) is 6.31. The maximum atomic E-state index is 12.3. The molecule has 1 amide bonds. The number of ether oxygens (including phenoxy) is 1. The summed E-state index contributed by atoms with van der Waals surface area (Å²) in [4.78, 5) is 14.6. The lowest BCUT2D eigenvalue weighted by Crippen LogP contribution is -2.36. The number of nitrogens with zero attached hydrogens (tertiary/aromatic N) is 2. The van der Waals surface area contributed by atoms with Crippen molar-refractivity contribution >= 4 is 11.6 Å². The molecule has 0 radical (unpaired) electrons. The number of rotatable bonds is 4. The van der Waals surface area contributed by atoms with E-state index in [1.54, 1.807) is 0 Å². The van der Waals surface area contributed by atoms with Gasteiger partial charge in [-0.25, -0.2) is 0 Å². The van der Waals surface area contributed by atoms with Crippen LogP contribution in [-0.2, 0) is 24.1 Å². The normalized spacial score (nSPS) is 16.9. The van der Waals surface area contributed by atoms with Crippen LogP contribution in [-0.4, -0.2) is 42.4 Å². The number of H-pyrrole nitrogens is 1. The lowest BCUT2D eigenvalue weighted by molar-refractivity contribution is 0.0950. The first-order valence-corrected chi connectivity index (χ1v) is 8.57. The average molecular weight is 326 g/mol. The third-order valence-electron chi connectivity index (χ3n) is 4.81. The summed E-state index contributed by atoms with van der Waals surface area (Å²) in [5.74, 6) is -0.0572. The third-order valence-corrected chi connectivity index (χ3v) is 4.81. The molecule has 6 heteroatoms. The summed E-state index contributed by atoms with van der Waals surface area (Å²) in [6.45, 7) is 3.80. The zero-order valence-corrected chi connectivity index (χ0v) is 13.7. The summed E-state index contributed by atoms with van der Waals surface area (Å²) in [5, 5.41) is 10.4. The summed E-state index contributed by atoms with van der Waals surface area (Å²) >= 11 is 0. The number of benzene rings is 1. The highest BCUT2D eigenvalue weighted by atomic mass is 16.5. The van der Waals surface area contributed by atoms with Crippen LogP contribution in [0.15, 0.2) is 24.3 Å². The van der Waals surface area contributed by atoms with Gasteiger partial charge in [-0.15, -0.1) is 0 Å². The van der Waals surface area contributed by atoms with Crippen molar-refractivity contribution in [2.24, 2.45) is 0 Å². The van der Waals surface area contributed by atoms with Crippen LogP contribution in [0.5, 0.6) is 0 Å². The van der Waals surface area contributed by atoms with Gasteiger partial charge in [0.05, 0.1) is 25.5 Å². The minimum Gasteiger partial charge on any atom is -0.378 e. The molecule has 1 fully saturated rings. The average Bonchev–Trinajstić information content (AvgIpc) is 3.25. The SMILES string of the molecule is O=C(NCc1n[nH]c2c1CCC2)c1ccc(N2CCOCC2)cc1. The molecule has 1 aromatic carbocycles. The van der Waals surface area contributed by atoms with Crippen LogP contribution in [0.25, 0.3) is 0 Å². The molecule has 2 heterocycles. The quantitative estimate of drug-likeness (QED) is 0.896. The molecule has 6 nitrogen and oxygen atoms in total. The lowest BCUT2D eigenvalue weighted by atomic mass is 10.1. The minimum atomic E-state index is -0.0572. The number of aryl methyl sites for hydroxylation is 1. The first-order chi connectivity index (χ1) is 11.8. The van der Waals surface area contributed by atoms with Gasteiger partial charge in [0.15, 0.2) is 0 Å². The maximum Gasteiger partial charge on any atom is 0.251 e. The van der Waals surface area contributed by atoms with Gasteiger partial charge in [-0.3, -0.25) is 9.89 Å². The largest absolute Gasteiger partial charge is 0.378 e. The number of carbonyl (C=O) groups is 1. The van der Waals surface area contributed by atoms with Crippen molar-refractivity contribution in [3.8, 4) is 0 Å². The summed E-state index contributed by atoms with van der Waals surface area (Å²) in [6.07, 6.45) is 3.30. The van der Waals surface area contributed by atoms with Gasteiger partial charge in [0.1, 0.15) is 0 Å². The number of carbonyl (C=O) groups excluding carboxylic acids is 1. The molecule has 1 aliphatic heterocycles. The number of nitrogens with one attached hydrogen (secondary N) is 2. The molecular formula is C18H22N4O2. The summed E-state index contributed by atoms with van der Waals surface area (Å²) in [6, 6.07) is 7.78. The smallest absolute Gasteiger partial charge is 0.251 e. The Morgan fingerprint density at radius 3 is 2.79 bits per heavy atom. The highest BCUT2D eigenvalue weighted by Crippen LogP contribution is 2.22. The van der Waals surface area contributed by atoms with Crippen LogP contribution in [0.3, 0.4) is 0 Å². The van der Waals surface area contributed by atoms with E-state index in [0.29, 0.717) is 12.1 Å². The summed E-state index contributed by atoms with van der Waals surface area (Å²) in [7, 11) is 0. The van der Waals surface area contributed by atoms with Crippen molar-refractivity contribution in [1.29, 1.82) is 0 Å². The van der Waals surface area contributed by atoms with Gasteiger partial charge < -0.3 is 15.0 Å². The van der Waals surface area contributed by atoms with E-state index < -0.39 is 0 Å². The number of morpholine rings is 1. The first-order valence-electron chi connectivity index (χ1n) is 8.57. The molecule has 1 aliphatic carbocycles.